The minimum absolute atomic E-state index is 0.118. The average molecular weight is 224 g/mol. The predicted molar refractivity (Wildman–Crippen MR) is 62.7 cm³/mol. The first-order chi connectivity index (χ1) is 7.54. The summed E-state index contributed by atoms with van der Waals surface area (Å²) in [4.78, 5) is 0. The summed E-state index contributed by atoms with van der Waals surface area (Å²) >= 11 is 0. The lowest BCUT2D eigenvalue weighted by molar-refractivity contribution is 0.0645. The van der Waals surface area contributed by atoms with Gasteiger partial charge in [0, 0.05) is 5.56 Å². The molecule has 0 aromatic heterocycles. The molecule has 0 amide bonds. The van der Waals surface area contributed by atoms with Crippen molar-refractivity contribution in [3.63, 3.8) is 0 Å². The van der Waals surface area contributed by atoms with Crippen LogP contribution in [0.25, 0.3) is 0 Å². The quantitative estimate of drug-likeness (QED) is 0.706. The van der Waals surface area contributed by atoms with Gasteiger partial charge in [0.2, 0.25) is 0 Å². The summed E-state index contributed by atoms with van der Waals surface area (Å²) in [5, 5.41) is 18.1. The zero-order valence-electron chi connectivity index (χ0n) is 9.80. The number of ether oxygens (including phenoxy) is 2. The van der Waals surface area contributed by atoms with E-state index in [1.807, 2.05) is 13.8 Å². The van der Waals surface area contributed by atoms with Gasteiger partial charge in [0.1, 0.15) is 5.75 Å². The van der Waals surface area contributed by atoms with Crippen molar-refractivity contribution in [2.24, 2.45) is 0 Å². The van der Waals surface area contributed by atoms with Crippen molar-refractivity contribution in [1.29, 1.82) is 0 Å². The van der Waals surface area contributed by atoms with E-state index in [0.29, 0.717) is 17.8 Å². The van der Waals surface area contributed by atoms with Gasteiger partial charge in [0.05, 0.1) is 19.8 Å². The summed E-state index contributed by atoms with van der Waals surface area (Å²) in [6, 6.07) is 4.99. The molecule has 0 saturated carbocycles. The molecule has 0 unspecified atom stereocenters. The Bertz CT molecular complexity index is 339. The fourth-order valence-electron chi connectivity index (χ4n) is 1.33. The lowest BCUT2D eigenvalue weighted by atomic mass is 9.79. The Morgan fingerprint density at radius 2 is 2.00 bits per heavy atom. The van der Waals surface area contributed by atoms with Crippen LogP contribution in [0, 0.1) is 0 Å². The molecule has 2 N–H and O–H groups in total. The maximum absolute atomic E-state index is 9.06. The molecule has 0 spiro atoms. The molecule has 0 saturated heterocycles. The van der Waals surface area contributed by atoms with Crippen LogP contribution >= 0.6 is 0 Å². The molecule has 16 heavy (non-hydrogen) atoms. The van der Waals surface area contributed by atoms with Gasteiger partial charge in [0.25, 0.3) is 0 Å². The van der Waals surface area contributed by atoms with Gasteiger partial charge in [-0.25, -0.2) is 0 Å². The van der Waals surface area contributed by atoms with Crippen molar-refractivity contribution in [3.8, 4) is 5.75 Å². The molecule has 0 aliphatic rings. The SMILES string of the molecule is COc1ccc(B(O)O)cc1COC(C)C. The van der Waals surface area contributed by atoms with Crippen molar-refractivity contribution in [1.82, 2.24) is 0 Å². The van der Waals surface area contributed by atoms with Crippen LogP contribution in [-0.4, -0.2) is 30.4 Å². The van der Waals surface area contributed by atoms with Crippen molar-refractivity contribution >= 4 is 12.6 Å². The van der Waals surface area contributed by atoms with Crippen LogP contribution in [-0.2, 0) is 11.3 Å². The molecule has 0 atom stereocenters. The van der Waals surface area contributed by atoms with Crippen LogP contribution in [0.2, 0.25) is 0 Å². The molecule has 88 valence electrons. The second-order valence-electron chi connectivity index (χ2n) is 3.80. The number of benzene rings is 1. The Hall–Kier alpha value is -1.04. The van der Waals surface area contributed by atoms with Gasteiger partial charge in [-0.3, -0.25) is 0 Å². The summed E-state index contributed by atoms with van der Waals surface area (Å²) in [6.07, 6.45) is 0.118. The van der Waals surface area contributed by atoms with Gasteiger partial charge in [0.15, 0.2) is 0 Å². The largest absolute Gasteiger partial charge is 0.496 e. The first-order valence-corrected chi connectivity index (χ1v) is 5.19. The highest BCUT2D eigenvalue weighted by Crippen LogP contribution is 2.17. The van der Waals surface area contributed by atoms with E-state index in [1.54, 1.807) is 25.3 Å². The second kappa shape index (κ2) is 5.89. The number of hydrogen-bond donors (Lipinski definition) is 2. The van der Waals surface area contributed by atoms with Crippen molar-refractivity contribution in [3.05, 3.63) is 23.8 Å². The molecular formula is C11H17BO4. The van der Waals surface area contributed by atoms with Crippen LogP contribution in [0.1, 0.15) is 19.4 Å². The zero-order chi connectivity index (χ0) is 12.1. The van der Waals surface area contributed by atoms with Crippen molar-refractivity contribution in [2.75, 3.05) is 7.11 Å². The molecule has 1 rings (SSSR count). The standard InChI is InChI=1S/C11H17BO4/c1-8(2)16-7-9-6-10(12(13)14)4-5-11(9)15-3/h4-6,8,13-14H,7H2,1-3H3. The molecule has 4 nitrogen and oxygen atoms in total. The number of methoxy groups -OCH3 is 1. The molecular weight excluding hydrogens is 207 g/mol. The fourth-order valence-corrected chi connectivity index (χ4v) is 1.33. The minimum Gasteiger partial charge on any atom is -0.496 e. The highest BCUT2D eigenvalue weighted by molar-refractivity contribution is 6.58. The molecule has 0 aliphatic carbocycles. The van der Waals surface area contributed by atoms with Crippen LogP contribution < -0.4 is 10.2 Å². The third-order valence-corrected chi connectivity index (χ3v) is 2.17. The van der Waals surface area contributed by atoms with Crippen LogP contribution in [0.5, 0.6) is 5.75 Å². The summed E-state index contributed by atoms with van der Waals surface area (Å²) in [5.74, 6) is 0.685. The third kappa shape index (κ3) is 3.52. The summed E-state index contributed by atoms with van der Waals surface area (Å²) in [6.45, 7) is 4.27. The van der Waals surface area contributed by atoms with Crippen LogP contribution in [0.15, 0.2) is 18.2 Å². The highest BCUT2D eigenvalue weighted by atomic mass is 16.5. The van der Waals surface area contributed by atoms with E-state index in [2.05, 4.69) is 0 Å². The summed E-state index contributed by atoms with van der Waals surface area (Å²) < 4.78 is 10.6. The molecule has 0 fully saturated rings. The molecule has 5 heteroatoms. The van der Waals surface area contributed by atoms with E-state index in [9.17, 15) is 0 Å². The van der Waals surface area contributed by atoms with E-state index >= 15 is 0 Å². The van der Waals surface area contributed by atoms with Gasteiger partial charge in [-0.15, -0.1) is 0 Å². The second-order valence-corrected chi connectivity index (χ2v) is 3.80. The van der Waals surface area contributed by atoms with E-state index in [4.69, 9.17) is 19.5 Å². The number of hydrogen-bond acceptors (Lipinski definition) is 4. The van der Waals surface area contributed by atoms with Crippen molar-refractivity contribution in [2.45, 2.75) is 26.6 Å². The Morgan fingerprint density at radius 1 is 1.31 bits per heavy atom. The lowest BCUT2D eigenvalue weighted by Gasteiger charge is -2.12. The Morgan fingerprint density at radius 3 is 2.50 bits per heavy atom. The summed E-state index contributed by atoms with van der Waals surface area (Å²) in [5.41, 5.74) is 1.24. The Balaban J connectivity index is 2.88. The molecule has 0 radical (unpaired) electrons. The molecule has 0 bridgehead atoms. The minimum atomic E-state index is -1.47. The van der Waals surface area contributed by atoms with E-state index in [1.165, 1.54) is 0 Å². The van der Waals surface area contributed by atoms with Gasteiger partial charge in [-0.05, 0) is 25.4 Å². The maximum atomic E-state index is 9.06. The fraction of sp³-hybridized carbons (Fsp3) is 0.455. The maximum Gasteiger partial charge on any atom is 0.488 e. The first kappa shape index (κ1) is 13.0. The van der Waals surface area contributed by atoms with Gasteiger partial charge in [-0.2, -0.15) is 0 Å². The molecule has 1 aromatic carbocycles. The normalized spacial score (nSPS) is 10.6. The van der Waals surface area contributed by atoms with Gasteiger partial charge in [-0.1, -0.05) is 12.1 Å². The van der Waals surface area contributed by atoms with E-state index in [0.717, 1.165) is 5.56 Å². The third-order valence-electron chi connectivity index (χ3n) is 2.17. The topological polar surface area (TPSA) is 58.9 Å². The van der Waals surface area contributed by atoms with Crippen molar-refractivity contribution < 1.29 is 19.5 Å². The van der Waals surface area contributed by atoms with Crippen LogP contribution in [0.3, 0.4) is 0 Å². The van der Waals surface area contributed by atoms with E-state index in [-0.39, 0.29) is 6.10 Å². The smallest absolute Gasteiger partial charge is 0.488 e. The first-order valence-electron chi connectivity index (χ1n) is 5.19. The van der Waals surface area contributed by atoms with Crippen LogP contribution in [0.4, 0.5) is 0 Å². The Kier molecular flexibility index (Phi) is 4.80. The predicted octanol–water partition coefficient (Wildman–Crippen LogP) is 0.300. The molecule has 0 heterocycles. The van der Waals surface area contributed by atoms with Gasteiger partial charge < -0.3 is 19.5 Å². The Labute approximate surface area is 96.0 Å². The zero-order valence-corrected chi connectivity index (χ0v) is 9.80. The summed E-state index contributed by atoms with van der Waals surface area (Å²) in [7, 11) is 0.104. The number of rotatable bonds is 5. The monoisotopic (exact) mass is 224 g/mol. The molecule has 1 aromatic rings. The highest BCUT2D eigenvalue weighted by Gasteiger charge is 2.14. The van der Waals surface area contributed by atoms with E-state index < -0.39 is 7.12 Å². The average Bonchev–Trinajstić information content (AvgIpc) is 2.25. The van der Waals surface area contributed by atoms with Gasteiger partial charge >= 0.3 is 7.12 Å². The molecule has 0 aliphatic heterocycles. The lowest BCUT2D eigenvalue weighted by Crippen LogP contribution is -2.30.